The quantitative estimate of drug-likeness (QED) is 0.780. The van der Waals surface area contributed by atoms with Crippen molar-refractivity contribution in [2.45, 2.75) is 39.3 Å². The van der Waals surface area contributed by atoms with Crippen LogP contribution in [0.2, 0.25) is 0 Å². The molecule has 4 nitrogen and oxygen atoms in total. The van der Waals surface area contributed by atoms with Crippen LogP contribution in [0.15, 0.2) is 12.1 Å². The van der Waals surface area contributed by atoms with Gasteiger partial charge in [0.25, 0.3) is 0 Å². The summed E-state index contributed by atoms with van der Waals surface area (Å²) in [6.45, 7) is 5.18. The molecule has 0 atom stereocenters. The molecule has 20 heavy (non-hydrogen) atoms. The summed E-state index contributed by atoms with van der Waals surface area (Å²) in [5, 5.41) is 3.52. The molecule has 0 aliphatic carbocycles. The van der Waals surface area contributed by atoms with E-state index >= 15 is 0 Å². The summed E-state index contributed by atoms with van der Waals surface area (Å²) < 4.78 is 16.0. The van der Waals surface area contributed by atoms with Gasteiger partial charge in [0, 0.05) is 12.6 Å². The molecule has 1 aromatic rings. The minimum Gasteiger partial charge on any atom is -0.493 e. The van der Waals surface area contributed by atoms with Gasteiger partial charge in [-0.15, -0.1) is 17.0 Å². The van der Waals surface area contributed by atoms with E-state index in [1.807, 2.05) is 12.1 Å². The fourth-order valence-electron chi connectivity index (χ4n) is 2.08. The van der Waals surface area contributed by atoms with Gasteiger partial charge in [-0.05, 0) is 30.5 Å². The highest BCUT2D eigenvalue weighted by molar-refractivity contribution is 8.93. The van der Waals surface area contributed by atoms with Crippen molar-refractivity contribution >= 4 is 17.0 Å². The molecule has 0 heterocycles. The number of benzene rings is 1. The molecule has 0 saturated heterocycles. The lowest BCUT2D eigenvalue weighted by Gasteiger charge is -2.17. The van der Waals surface area contributed by atoms with E-state index in [1.165, 1.54) is 0 Å². The molecule has 5 heteroatoms. The zero-order valence-corrected chi connectivity index (χ0v) is 14.7. The van der Waals surface area contributed by atoms with Crippen LogP contribution in [0.5, 0.6) is 17.2 Å². The number of rotatable bonds is 8. The van der Waals surface area contributed by atoms with Gasteiger partial charge in [-0.2, -0.15) is 0 Å². The number of nitrogens with one attached hydrogen (secondary N) is 1. The van der Waals surface area contributed by atoms with Crippen LogP contribution in [0, 0.1) is 0 Å². The normalized spacial score (nSPS) is 10.1. The molecule has 0 spiro atoms. The molecule has 1 N–H and O–H groups in total. The van der Waals surface area contributed by atoms with E-state index in [9.17, 15) is 0 Å². The topological polar surface area (TPSA) is 39.7 Å². The third-order valence-electron chi connectivity index (χ3n) is 3.30. The Kier molecular flexibility index (Phi) is 9.42. The van der Waals surface area contributed by atoms with Gasteiger partial charge >= 0.3 is 0 Å². The van der Waals surface area contributed by atoms with Crippen molar-refractivity contribution in [1.29, 1.82) is 0 Å². The van der Waals surface area contributed by atoms with E-state index in [0.717, 1.165) is 24.9 Å². The lowest BCUT2D eigenvalue weighted by molar-refractivity contribution is 0.323. The lowest BCUT2D eigenvalue weighted by Crippen LogP contribution is -2.27. The zero-order valence-electron chi connectivity index (χ0n) is 13.0. The van der Waals surface area contributed by atoms with Gasteiger partial charge in [0.1, 0.15) is 0 Å². The molecule has 0 aromatic heterocycles. The molecule has 0 amide bonds. The molecule has 0 saturated carbocycles. The molecule has 0 aliphatic rings. The van der Waals surface area contributed by atoms with E-state index in [4.69, 9.17) is 14.2 Å². The van der Waals surface area contributed by atoms with E-state index < -0.39 is 0 Å². The summed E-state index contributed by atoms with van der Waals surface area (Å²) in [6.07, 6.45) is 2.25. The molecule has 0 radical (unpaired) electrons. The Bertz CT molecular complexity index is 370. The predicted octanol–water partition coefficient (Wildman–Crippen LogP) is 3.57. The Balaban J connectivity index is 0.00000361. The summed E-state index contributed by atoms with van der Waals surface area (Å²) in [5.41, 5.74) is 1.13. The maximum absolute atomic E-state index is 5.35. The lowest BCUT2D eigenvalue weighted by atomic mass is 10.1. The molecular weight excluding hydrogens is 322 g/mol. The Morgan fingerprint density at radius 2 is 1.45 bits per heavy atom. The summed E-state index contributed by atoms with van der Waals surface area (Å²) in [5.74, 6) is 2.03. The van der Waals surface area contributed by atoms with E-state index in [0.29, 0.717) is 23.3 Å². The third kappa shape index (κ3) is 4.87. The summed E-state index contributed by atoms with van der Waals surface area (Å²) in [7, 11) is 4.88. The predicted molar refractivity (Wildman–Crippen MR) is 87.6 cm³/mol. The number of halogens is 1. The molecule has 0 unspecified atom stereocenters. The van der Waals surface area contributed by atoms with Crippen LogP contribution in [0.4, 0.5) is 0 Å². The minimum absolute atomic E-state index is 0. The average molecular weight is 348 g/mol. The Hall–Kier alpha value is -0.940. The van der Waals surface area contributed by atoms with Gasteiger partial charge in [0.15, 0.2) is 11.5 Å². The maximum Gasteiger partial charge on any atom is 0.203 e. The van der Waals surface area contributed by atoms with Gasteiger partial charge in [0.2, 0.25) is 5.75 Å². The third-order valence-corrected chi connectivity index (χ3v) is 3.30. The highest BCUT2D eigenvalue weighted by Crippen LogP contribution is 2.38. The second-order valence-electron chi connectivity index (χ2n) is 4.43. The molecule has 1 aromatic carbocycles. The van der Waals surface area contributed by atoms with Gasteiger partial charge in [0.05, 0.1) is 21.3 Å². The van der Waals surface area contributed by atoms with Crippen molar-refractivity contribution in [3.63, 3.8) is 0 Å². The van der Waals surface area contributed by atoms with Crippen molar-refractivity contribution in [3.8, 4) is 17.2 Å². The molecule has 116 valence electrons. The van der Waals surface area contributed by atoms with E-state index in [1.54, 1.807) is 21.3 Å². The Morgan fingerprint density at radius 3 is 1.80 bits per heavy atom. The first-order valence-electron chi connectivity index (χ1n) is 6.72. The Morgan fingerprint density at radius 1 is 0.950 bits per heavy atom. The van der Waals surface area contributed by atoms with Gasteiger partial charge < -0.3 is 19.5 Å². The van der Waals surface area contributed by atoms with Crippen molar-refractivity contribution in [1.82, 2.24) is 5.32 Å². The standard InChI is InChI=1S/C15H25NO3.BrH/c1-6-12(7-2)16-10-11-8-13(17-3)15(19-5)14(9-11)18-4;/h8-9,12,16H,6-7,10H2,1-5H3;1H. The molecular formula is C15H26BrNO3. The van der Waals surface area contributed by atoms with Gasteiger partial charge in [-0.25, -0.2) is 0 Å². The fraction of sp³-hybridized carbons (Fsp3) is 0.600. The van der Waals surface area contributed by atoms with Crippen molar-refractivity contribution < 1.29 is 14.2 Å². The molecule has 0 bridgehead atoms. The fourth-order valence-corrected chi connectivity index (χ4v) is 2.08. The SMILES string of the molecule is Br.CCC(CC)NCc1cc(OC)c(OC)c(OC)c1. The smallest absolute Gasteiger partial charge is 0.203 e. The van der Waals surface area contributed by atoms with Crippen molar-refractivity contribution in [2.75, 3.05) is 21.3 Å². The molecule has 0 fully saturated rings. The van der Waals surface area contributed by atoms with Crippen LogP contribution in [0.1, 0.15) is 32.3 Å². The highest BCUT2D eigenvalue weighted by Gasteiger charge is 2.13. The number of hydrogen-bond donors (Lipinski definition) is 1. The van der Waals surface area contributed by atoms with Crippen molar-refractivity contribution in [3.05, 3.63) is 17.7 Å². The van der Waals surface area contributed by atoms with Crippen LogP contribution >= 0.6 is 17.0 Å². The second-order valence-corrected chi connectivity index (χ2v) is 4.43. The number of hydrogen-bond acceptors (Lipinski definition) is 4. The average Bonchev–Trinajstić information content (AvgIpc) is 2.46. The zero-order chi connectivity index (χ0) is 14.3. The van der Waals surface area contributed by atoms with Crippen molar-refractivity contribution in [2.24, 2.45) is 0 Å². The van der Waals surface area contributed by atoms with Gasteiger partial charge in [-0.1, -0.05) is 13.8 Å². The second kappa shape index (κ2) is 9.88. The largest absolute Gasteiger partial charge is 0.493 e. The summed E-state index contributed by atoms with van der Waals surface area (Å²) in [4.78, 5) is 0. The minimum atomic E-state index is 0. The monoisotopic (exact) mass is 347 g/mol. The highest BCUT2D eigenvalue weighted by atomic mass is 79.9. The number of methoxy groups -OCH3 is 3. The van der Waals surface area contributed by atoms with Crippen LogP contribution in [-0.4, -0.2) is 27.4 Å². The van der Waals surface area contributed by atoms with E-state index in [2.05, 4.69) is 19.2 Å². The first kappa shape index (κ1) is 19.1. The van der Waals surface area contributed by atoms with Crippen LogP contribution in [0.3, 0.4) is 0 Å². The van der Waals surface area contributed by atoms with Crippen LogP contribution < -0.4 is 19.5 Å². The molecule has 0 aliphatic heterocycles. The first-order valence-corrected chi connectivity index (χ1v) is 6.72. The van der Waals surface area contributed by atoms with Gasteiger partial charge in [-0.3, -0.25) is 0 Å². The van der Waals surface area contributed by atoms with Crippen LogP contribution in [-0.2, 0) is 6.54 Å². The van der Waals surface area contributed by atoms with E-state index in [-0.39, 0.29) is 17.0 Å². The molecule has 1 rings (SSSR count). The number of ether oxygens (including phenoxy) is 3. The Labute approximate surface area is 132 Å². The van der Waals surface area contributed by atoms with Crippen LogP contribution in [0.25, 0.3) is 0 Å². The maximum atomic E-state index is 5.35. The summed E-state index contributed by atoms with van der Waals surface area (Å²) in [6, 6.07) is 4.51. The summed E-state index contributed by atoms with van der Waals surface area (Å²) >= 11 is 0. The first-order chi connectivity index (χ1) is 9.19.